The lowest BCUT2D eigenvalue weighted by Crippen LogP contribution is -2.42. The standard InChI is InChI=1S/C20H24FNO3S.ClH/c1-2-25-18(23)11-14-12-22(10-9-17(14)26)19(20(24)13-7-8-13)15-5-3-4-6-16(15)21;/h3-6,11,13,17,19,26H,2,7-10,12H2,1H3;1H/b14-11+;. The van der Waals surface area contributed by atoms with Crippen molar-refractivity contribution in [2.75, 3.05) is 19.7 Å². The first kappa shape index (κ1) is 21.9. The third-order valence-corrected chi connectivity index (χ3v) is 5.50. The smallest absolute Gasteiger partial charge is 0.330 e. The van der Waals surface area contributed by atoms with E-state index in [1.54, 1.807) is 25.1 Å². The van der Waals surface area contributed by atoms with Crippen molar-refractivity contribution in [2.24, 2.45) is 5.92 Å². The number of likely N-dealkylation sites (tertiary alicyclic amines) is 1. The molecule has 1 saturated carbocycles. The second kappa shape index (κ2) is 9.71. The van der Waals surface area contributed by atoms with Crippen LogP contribution in [0.4, 0.5) is 4.39 Å². The van der Waals surface area contributed by atoms with Crippen LogP contribution in [0.1, 0.15) is 37.8 Å². The lowest BCUT2D eigenvalue weighted by Gasteiger charge is -2.37. The summed E-state index contributed by atoms with van der Waals surface area (Å²) in [5.74, 6) is -0.677. The summed E-state index contributed by atoms with van der Waals surface area (Å²) in [5.41, 5.74) is 1.22. The van der Waals surface area contributed by atoms with E-state index in [0.29, 0.717) is 31.7 Å². The van der Waals surface area contributed by atoms with E-state index in [4.69, 9.17) is 4.74 Å². The van der Waals surface area contributed by atoms with Gasteiger partial charge in [0.25, 0.3) is 0 Å². The number of rotatable bonds is 6. The van der Waals surface area contributed by atoms with Crippen molar-refractivity contribution < 1.29 is 18.7 Å². The van der Waals surface area contributed by atoms with E-state index in [1.165, 1.54) is 12.1 Å². The summed E-state index contributed by atoms with van der Waals surface area (Å²) in [6.07, 6.45) is 3.90. The number of Topliss-reactive ketones (excluding diaryl/α,β-unsaturated/α-hetero) is 1. The number of ketones is 1. The summed E-state index contributed by atoms with van der Waals surface area (Å²) in [6.45, 7) is 3.10. The van der Waals surface area contributed by atoms with Crippen LogP contribution in [0, 0.1) is 11.7 Å². The van der Waals surface area contributed by atoms with Gasteiger partial charge in [-0.25, -0.2) is 9.18 Å². The second-order valence-electron chi connectivity index (χ2n) is 6.85. The third kappa shape index (κ3) is 5.33. The van der Waals surface area contributed by atoms with Crippen molar-refractivity contribution in [2.45, 2.75) is 37.5 Å². The molecule has 0 aromatic heterocycles. The van der Waals surface area contributed by atoms with E-state index in [1.807, 2.05) is 4.90 Å². The number of carbonyl (C=O) groups is 2. The Morgan fingerprint density at radius 3 is 2.67 bits per heavy atom. The molecule has 0 spiro atoms. The molecule has 0 bridgehead atoms. The number of piperidine rings is 1. The molecule has 0 N–H and O–H groups in total. The van der Waals surface area contributed by atoms with Crippen LogP contribution in [-0.2, 0) is 14.3 Å². The molecule has 2 unspecified atom stereocenters. The molecular formula is C20H25ClFNO3S. The maximum absolute atomic E-state index is 14.4. The van der Waals surface area contributed by atoms with Crippen molar-refractivity contribution in [1.29, 1.82) is 0 Å². The molecule has 4 nitrogen and oxygen atoms in total. The van der Waals surface area contributed by atoms with Gasteiger partial charge in [0.2, 0.25) is 0 Å². The molecule has 7 heteroatoms. The van der Waals surface area contributed by atoms with Gasteiger partial charge in [0.1, 0.15) is 5.82 Å². The summed E-state index contributed by atoms with van der Waals surface area (Å²) in [5, 5.41) is -0.0621. The Morgan fingerprint density at radius 2 is 2.04 bits per heavy atom. The predicted molar refractivity (Wildman–Crippen MR) is 108 cm³/mol. The van der Waals surface area contributed by atoms with Crippen LogP contribution in [0.15, 0.2) is 35.9 Å². The molecule has 1 aliphatic carbocycles. The minimum absolute atomic E-state index is 0. The summed E-state index contributed by atoms with van der Waals surface area (Å²) in [4.78, 5) is 26.7. The van der Waals surface area contributed by atoms with Crippen LogP contribution in [0.2, 0.25) is 0 Å². The molecule has 27 heavy (non-hydrogen) atoms. The van der Waals surface area contributed by atoms with Gasteiger partial charge in [-0.1, -0.05) is 18.2 Å². The molecule has 1 aliphatic heterocycles. The maximum Gasteiger partial charge on any atom is 0.330 e. The minimum Gasteiger partial charge on any atom is -0.463 e. The summed E-state index contributed by atoms with van der Waals surface area (Å²) in [7, 11) is 0. The zero-order valence-corrected chi connectivity index (χ0v) is 17.0. The Labute approximate surface area is 171 Å². The molecule has 3 rings (SSSR count). The van der Waals surface area contributed by atoms with E-state index < -0.39 is 12.0 Å². The fourth-order valence-corrected chi connectivity index (χ4v) is 3.68. The van der Waals surface area contributed by atoms with Crippen molar-refractivity contribution in [3.8, 4) is 0 Å². The normalized spacial score (nSPS) is 22.8. The molecule has 0 radical (unpaired) electrons. The molecular weight excluding hydrogens is 389 g/mol. The molecule has 1 heterocycles. The first-order valence-electron chi connectivity index (χ1n) is 9.08. The van der Waals surface area contributed by atoms with Gasteiger partial charge in [-0.05, 0) is 37.8 Å². The van der Waals surface area contributed by atoms with E-state index in [0.717, 1.165) is 18.4 Å². The Bertz CT molecular complexity index is 723. The van der Waals surface area contributed by atoms with Crippen LogP contribution in [0.3, 0.4) is 0 Å². The number of benzene rings is 1. The SMILES string of the molecule is CCOC(=O)/C=C1\CN(C(C(=O)C2CC2)c2ccccc2F)CCC1S.Cl. The van der Waals surface area contributed by atoms with Gasteiger partial charge in [0.05, 0.1) is 12.6 Å². The largest absolute Gasteiger partial charge is 0.463 e. The van der Waals surface area contributed by atoms with E-state index in [9.17, 15) is 14.0 Å². The fraction of sp³-hybridized carbons (Fsp3) is 0.500. The second-order valence-corrected chi connectivity index (χ2v) is 7.47. The Hall–Kier alpha value is -1.37. The number of carbonyl (C=O) groups excluding carboxylic acids is 2. The summed E-state index contributed by atoms with van der Waals surface area (Å²) < 4.78 is 19.4. The molecule has 1 saturated heterocycles. The number of ether oxygens (including phenoxy) is 1. The molecule has 2 fully saturated rings. The lowest BCUT2D eigenvalue weighted by atomic mass is 9.93. The summed E-state index contributed by atoms with van der Waals surface area (Å²) >= 11 is 4.56. The van der Waals surface area contributed by atoms with E-state index in [2.05, 4.69) is 12.6 Å². The Kier molecular flexibility index (Phi) is 7.89. The van der Waals surface area contributed by atoms with Gasteiger partial charge in [-0.15, -0.1) is 12.4 Å². The minimum atomic E-state index is -0.616. The third-order valence-electron chi connectivity index (χ3n) is 4.91. The van der Waals surface area contributed by atoms with E-state index >= 15 is 0 Å². The highest BCUT2D eigenvalue weighted by molar-refractivity contribution is 7.81. The van der Waals surface area contributed by atoms with Gasteiger partial charge >= 0.3 is 5.97 Å². The highest BCUT2D eigenvalue weighted by Crippen LogP contribution is 2.39. The molecule has 148 valence electrons. The fourth-order valence-electron chi connectivity index (χ4n) is 3.41. The van der Waals surface area contributed by atoms with Crippen molar-refractivity contribution in [1.82, 2.24) is 4.90 Å². The first-order valence-corrected chi connectivity index (χ1v) is 9.60. The number of nitrogens with zero attached hydrogens (tertiary/aromatic N) is 1. The zero-order chi connectivity index (χ0) is 18.7. The van der Waals surface area contributed by atoms with Gasteiger partial charge in [-0.3, -0.25) is 9.69 Å². The van der Waals surface area contributed by atoms with Crippen LogP contribution in [-0.4, -0.2) is 41.6 Å². The number of halogens is 2. The molecule has 2 aliphatic rings. The zero-order valence-electron chi connectivity index (χ0n) is 15.3. The molecule has 0 amide bonds. The van der Waals surface area contributed by atoms with Crippen LogP contribution < -0.4 is 0 Å². The number of hydrogen-bond acceptors (Lipinski definition) is 5. The summed E-state index contributed by atoms with van der Waals surface area (Å²) in [6, 6.07) is 5.84. The van der Waals surface area contributed by atoms with Crippen molar-refractivity contribution in [3.05, 3.63) is 47.3 Å². The van der Waals surface area contributed by atoms with Gasteiger partial charge in [0, 0.05) is 35.9 Å². The van der Waals surface area contributed by atoms with Gasteiger partial charge in [0.15, 0.2) is 5.78 Å². The highest BCUT2D eigenvalue weighted by Gasteiger charge is 2.40. The lowest BCUT2D eigenvalue weighted by molar-refractivity contribution is -0.137. The maximum atomic E-state index is 14.4. The predicted octanol–water partition coefficient (Wildman–Crippen LogP) is 3.76. The van der Waals surface area contributed by atoms with Crippen LogP contribution >= 0.6 is 25.0 Å². The topological polar surface area (TPSA) is 46.6 Å². The van der Waals surface area contributed by atoms with Crippen molar-refractivity contribution in [3.63, 3.8) is 0 Å². The van der Waals surface area contributed by atoms with Gasteiger partial charge < -0.3 is 4.74 Å². The Morgan fingerprint density at radius 1 is 1.33 bits per heavy atom. The molecule has 1 aromatic carbocycles. The highest BCUT2D eigenvalue weighted by atomic mass is 35.5. The van der Waals surface area contributed by atoms with Gasteiger partial charge in [-0.2, -0.15) is 12.6 Å². The monoisotopic (exact) mass is 413 g/mol. The first-order chi connectivity index (χ1) is 12.5. The number of hydrogen-bond donors (Lipinski definition) is 1. The average molecular weight is 414 g/mol. The molecule has 1 aromatic rings. The number of esters is 1. The van der Waals surface area contributed by atoms with Crippen molar-refractivity contribution >= 4 is 36.8 Å². The number of thiol groups is 1. The van der Waals surface area contributed by atoms with Crippen LogP contribution in [0.5, 0.6) is 0 Å². The average Bonchev–Trinajstić information content (AvgIpc) is 3.45. The quantitative estimate of drug-likeness (QED) is 0.438. The van der Waals surface area contributed by atoms with Crippen LogP contribution in [0.25, 0.3) is 0 Å². The molecule has 2 atom stereocenters. The Balaban J connectivity index is 0.00000261. The van der Waals surface area contributed by atoms with E-state index in [-0.39, 0.29) is 35.2 Å².